The maximum Gasteiger partial charge on any atom is 0.172 e. The van der Waals surface area contributed by atoms with Crippen molar-refractivity contribution in [3.63, 3.8) is 0 Å². The molecule has 0 atom stereocenters. The van der Waals surface area contributed by atoms with Gasteiger partial charge in [-0.05, 0) is 38.0 Å². The number of aromatic nitrogens is 2. The molecule has 1 heterocycles. The number of nitrogens with zero attached hydrogens (tertiary/aromatic N) is 2. The summed E-state index contributed by atoms with van der Waals surface area (Å²) < 4.78 is 15.5. The second-order valence-electron chi connectivity index (χ2n) is 5.29. The van der Waals surface area contributed by atoms with E-state index in [1.165, 1.54) is 18.9 Å². The summed E-state index contributed by atoms with van der Waals surface area (Å²) in [5.74, 6) is 0.467. The summed E-state index contributed by atoms with van der Waals surface area (Å²) >= 11 is 5.22. The van der Waals surface area contributed by atoms with Gasteiger partial charge in [-0.2, -0.15) is 5.10 Å². The molecule has 1 aliphatic rings. The van der Waals surface area contributed by atoms with E-state index >= 15 is 0 Å². The maximum atomic E-state index is 13.7. The summed E-state index contributed by atoms with van der Waals surface area (Å²) in [6.45, 7) is 2.35. The molecule has 1 aromatic carbocycles. The Morgan fingerprint density at radius 3 is 2.90 bits per heavy atom. The standard InChI is InChI=1S/C15H17FN4S/c1-10-8-14(18-15(21)17-12-6-7-12)19-20(10)9-11-4-2-3-5-13(11)16/h2-5,8,12H,6-7,9H2,1H3,(H2,17,18,19,21). The van der Waals surface area contributed by atoms with Gasteiger partial charge in [0, 0.05) is 23.4 Å². The van der Waals surface area contributed by atoms with Crippen molar-refractivity contribution in [3.05, 3.63) is 47.4 Å². The SMILES string of the molecule is Cc1cc(NC(=S)NC2CC2)nn1Cc1ccccc1F. The zero-order valence-electron chi connectivity index (χ0n) is 11.8. The van der Waals surface area contributed by atoms with Gasteiger partial charge < -0.3 is 10.6 Å². The summed E-state index contributed by atoms with van der Waals surface area (Å²) in [6.07, 6.45) is 2.34. The number of anilines is 1. The fourth-order valence-corrected chi connectivity index (χ4v) is 2.36. The van der Waals surface area contributed by atoms with Crippen molar-refractivity contribution in [1.29, 1.82) is 0 Å². The van der Waals surface area contributed by atoms with E-state index in [0.29, 0.717) is 29.1 Å². The molecule has 0 unspecified atom stereocenters. The highest BCUT2D eigenvalue weighted by Gasteiger charge is 2.22. The highest BCUT2D eigenvalue weighted by atomic mass is 32.1. The lowest BCUT2D eigenvalue weighted by atomic mass is 10.2. The Bertz CT molecular complexity index is 663. The average molecular weight is 304 g/mol. The van der Waals surface area contributed by atoms with Gasteiger partial charge in [0.2, 0.25) is 0 Å². The molecule has 1 fully saturated rings. The van der Waals surface area contributed by atoms with E-state index in [1.807, 2.05) is 19.1 Å². The Labute approximate surface area is 128 Å². The number of aryl methyl sites for hydroxylation is 1. The molecule has 0 aliphatic heterocycles. The predicted molar refractivity (Wildman–Crippen MR) is 84.8 cm³/mol. The van der Waals surface area contributed by atoms with Crippen molar-refractivity contribution in [2.45, 2.75) is 32.4 Å². The lowest BCUT2D eigenvalue weighted by molar-refractivity contribution is 0.581. The van der Waals surface area contributed by atoms with Crippen LogP contribution >= 0.6 is 12.2 Å². The van der Waals surface area contributed by atoms with Gasteiger partial charge in [0.05, 0.1) is 6.54 Å². The molecule has 4 nitrogen and oxygen atoms in total. The first-order chi connectivity index (χ1) is 10.1. The molecule has 2 aromatic rings. The Kier molecular flexibility index (Phi) is 3.88. The third-order valence-electron chi connectivity index (χ3n) is 3.41. The van der Waals surface area contributed by atoms with Gasteiger partial charge in [0.25, 0.3) is 0 Å². The van der Waals surface area contributed by atoms with Gasteiger partial charge in [-0.25, -0.2) is 4.39 Å². The molecule has 0 saturated heterocycles. The molecule has 6 heteroatoms. The van der Waals surface area contributed by atoms with Crippen molar-refractivity contribution in [1.82, 2.24) is 15.1 Å². The monoisotopic (exact) mass is 304 g/mol. The number of thiocarbonyl (C=S) groups is 1. The average Bonchev–Trinajstić information content (AvgIpc) is 3.17. The molecule has 1 aliphatic carbocycles. The lowest BCUT2D eigenvalue weighted by Crippen LogP contribution is -2.30. The number of benzene rings is 1. The van der Waals surface area contributed by atoms with Gasteiger partial charge in [-0.3, -0.25) is 4.68 Å². The first-order valence-corrected chi connectivity index (χ1v) is 7.38. The highest BCUT2D eigenvalue weighted by Crippen LogP contribution is 2.19. The zero-order chi connectivity index (χ0) is 14.8. The third kappa shape index (κ3) is 3.58. The number of halogens is 1. The maximum absolute atomic E-state index is 13.7. The van der Waals surface area contributed by atoms with Crippen LogP contribution in [-0.4, -0.2) is 20.9 Å². The predicted octanol–water partition coefficient (Wildman–Crippen LogP) is 2.83. The Hall–Kier alpha value is -1.95. The fraction of sp³-hybridized carbons (Fsp3) is 0.333. The third-order valence-corrected chi connectivity index (χ3v) is 3.63. The molecule has 1 saturated carbocycles. The number of rotatable bonds is 4. The van der Waals surface area contributed by atoms with Crippen LogP contribution in [0.15, 0.2) is 30.3 Å². The summed E-state index contributed by atoms with van der Waals surface area (Å²) in [7, 11) is 0. The molecule has 2 N–H and O–H groups in total. The van der Waals surface area contributed by atoms with Gasteiger partial charge >= 0.3 is 0 Å². The van der Waals surface area contributed by atoms with E-state index in [0.717, 1.165) is 5.69 Å². The van der Waals surface area contributed by atoms with Crippen LogP contribution in [0.2, 0.25) is 0 Å². The van der Waals surface area contributed by atoms with Gasteiger partial charge in [-0.15, -0.1) is 0 Å². The number of nitrogens with one attached hydrogen (secondary N) is 2. The van der Waals surface area contributed by atoms with E-state index < -0.39 is 0 Å². The van der Waals surface area contributed by atoms with Gasteiger partial charge in [0.15, 0.2) is 10.9 Å². The minimum absolute atomic E-state index is 0.215. The Morgan fingerprint density at radius 1 is 1.43 bits per heavy atom. The molecule has 0 bridgehead atoms. The van der Waals surface area contributed by atoms with Crippen LogP contribution in [0.5, 0.6) is 0 Å². The second-order valence-corrected chi connectivity index (χ2v) is 5.70. The Morgan fingerprint density at radius 2 is 2.19 bits per heavy atom. The Balaban J connectivity index is 1.69. The largest absolute Gasteiger partial charge is 0.360 e. The summed E-state index contributed by atoms with van der Waals surface area (Å²) in [5.41, 5.74) is 1.57. The first-order valence-electron chi connectivity index (χ1n) is 6.97. The highest BCUT2D eigenvalue weighted by molar-refractivity contribution is 7.80. The van der Waals surface area contributed by atoms with Crippen LogP contribution in [0.1, 0.15) is 24.1 Å². The molecule has 110 valence electrons. The fourth-order valence-electron chi connectivity index (χ4n) is 2.08. The lowest BCUT2D eigenvalue weighted by Gasteiger charge is -2.07. The van der Waals surface area contributed by atoms with Crippen LogP contribution < -0.4 is 10.6 Å². The van der Waals surface area contributed by atoms with Crippen molar-refractivity contribution < 1.29 is 4.39 Å². The first kappa shape index (κ1) is 14.0. The molecule has 0 spiro atoms. The van der Waals surface area contributed by atoms with E-state index in [9.17, 15) is 4.39 Å². The molecular formula is C15H17FN4S. The van der Waals surface area contributed by atoms with Crippen LogP contribution in [-0.2, 0) is 6.54 Å². The van der Waals surface area contributed by atoms with Crippen molar-refractivity contribution in [3.8, 4) is 0 Å². The normalized spacial score (nSPS) is 14.0. The van der Waals surface area contributed by atoms with Crippen molar-refractivity contribution in [2.24, 2.45) is 0 Å². The minimum atomic E-state index is -0.215. The quantitative estimate of drug-likeness (QED) is 0.852. The number of hydrogen-bond donors (Lipinski definition) is 2. The van der Waals surface area contributed by atoms with Crippen molar-refractivity contribution in [2.75, 3.05) is 5.32 Å². The van der Waals surface area contributed by atoms with Crippen molar-refractivity contribution >= 4 is 23.1 Å². The van der Waals surface area contributed by atoms with Crippen LogP contribution in [0, 0.1) is 12.7 Å². The van der Waals surface area contributed by atoms with E-state index in [2.05, 4.69) is 15.7 Å². The summed E-state index contributed by atoms with van der Waals surface area (Å²) in [6, 6.07) is 9.15. The number of hydrogen-bond acceptors (Lipinski definition) is 2. The topological polar surface area (TPSA) is 41.9 Å². The molecule has 0 radical (unpaired) electrons. The molecule has 21 heavy (non-hydrogen) atoms. The summed E-state index contributed by atoms with van der Waals surface area (Å²) in [4.78, 5) is 0. The van der Waals surface area contributed by atoms with Crippen LogP contribution in [0.3, 0.4) is 0 Å². The molecule has 0 amide bonds. The van der Waals surface area contributed by atoms with Gasteiger partial charge in [-0.1, -0.05) is 18.2 Å². The summed E-state index contributed by atoms with van der Waals surface area (Å²) in [5, 5.41) is 11.3. The molecule has 3 rings (SSSR count). The van der Waals surface area contributed by atoms with Crippen LogP contribution in [0.4, 0.5) is 10.2 Å². The smallest absolute Gasteiger partial charge is 0.172 e. The van der Waals surface area contributed by atoms with E-state index in [-0.39, 0.29) is 5.82 Å². The zero-order valence-corrected chi connectivity index (χ0v) is 12.6. The van der Waals surface area contributed by atoms with Gasteiger partial charge in [0.1, 0.15) is 5.82 Å². The van der Waals surface area contributed by atoms with E-state index in [4.69, 9.17) is 12.2 Å². The minimum Gasteiger partial charge on any atom is -0.360 e. The molecular weight excluding hydrogens is 287 g/mol. The van der Waals surface area contributed by atoms with E-state index in [1.54, 1.807) is 16.8 Å². The second kappa shape index (κ2) is 5.81. The molecule has 1 aromatic heterocycles. The van der Waals surface area contributed by atoms with Crippen LogP contribution in [0.25, 0.3) is 0 Å².